The smallest absolute Gasteiger partial charge is 0.338 e. The van der Waals surface area contributed by atoms with Crippen LogP contribution in [0, 0.1) is 0 Å². The molecule has 1 N–H and O–H groups in total. The average Bonchev–Trinajstić information content (AvgIpc) is 3.28. The fourth-order valence-corrected chi connectivity index (χ4v) is 5.06. The molecule has 1 atom stereocenters. The molecule has 2 heterocycles. The summed E-state index contributed by atoms with van der Waals surface area (Å²) in [5.74, 6) is 2.07. The summed E-state index contributed by atoms with van der Waals surface area (Å²) < 4.78 is 19.3. The van der Waals surface area contributed by atoms with E-state index in [9.17, 15) is 4.79 Å². The lowest BCUT2D eigenvalue weighted by molar-refractivity contribution is -0.139. The van der Waals surface area contributed by atoms with Crippen LogP contribution in [0.5, 0.6) is 11.5 Å². The van der Waals surface area contributed by atoms with Crippen LogP contribution < -0.4 is 14.8 Å². The molecule has 2 aromatic carbocycles. The molecule has 1 aromatic heterocycles. The van der Waals surface area contributed by atoms with Gasteiger partial charge in [0.15, 0.2) is 11.5 Å². The number of benzene rings is 2. The number of nitrogens with one attached hydrogen (secondary N) is 1. The number of carbonyl (C=O) groups excluding carboxylic acids is 1. The van der Waals surface area contributed by atoms with Crippen molar-refractivity contribution in [1.82, 2.24) is 14.8 Å². The highest BCUT2D eigenvalue weighted by Gasteiger charge is 2.35. The summed E-state index contributed by atoms with van der Waals surface area (Å²) >= 11 is 13.9. The Morgan fingerprint density at radius 3 is 2.63 bits per heavy atom. The van der Waals surface area contributed by atoms with Crippen LogP contribution in [0.25, 0.3) is 0 Å². The topological polar surface area (TPSA) is 87.5 Å². The van der Waals surface area contributed by atoms with E-state index < -0.39 is 12.0 Å². The molecule has 0 spiro atoms. The zero-order valence-electron chi connectivity index (χ0n) is 21.7. The molecule has 4 rings (SSSR count). The van der Waals surface area contributed by atoms with Crippen molar-refractivity contribution in [3.63, 3.8) is 0 Å². The van der Waals surface area contributed by atoms with Gasteiger partial charge in [-0.3, -0.25) is 0 Å². The normalized spacial score (nSPS) is 14.6. The van der Waals surface area contributed by atoms with E-state index >= 15 is 0 Å². The van der Waals surface area contributed by atoms with E-state index in [0.29, 0.717) is 57.1 Å². The number of esters is 1. The minimum Gasteiger partial charge on any atom is -0.490 e. The van der Waals surface area contributed by atoms with Gasteiger partial charge in [-0.05, 0) is 55.9 Å². The maximum Gasteiger partial charge on any atom is 0.338 e. The van der Waals surface area contributed by atoms with Crippen molar-refractivity contribution in [2.45, 2.75) is 51.9 Å². The second kappa shape index (κ2) is 12.8. The van der Waals surface area contributed by atoms with E-state index in [1.165, 1.54) is 11.8 Å². The van der Waals surface area contributed by atoms with Crippen LogP contribution >= 0.6 is 35.0 Å². The Kier molecular flexibility index (Phi) is 9.46. The predicted molar refractivity (Wildman–Crippen MR) is 151 cm³/mol. The third-order valence-electron chi connectivity index (χ3n) is 5.75. The number of aromatic nitrogens is 3. The summed E-state index contributed by atoms with van der Waals surface area (Å²) in [6.07, 6.45) is 0.722. The van der Waals surface area contributed by atoms with E-state index in [1.807, 2.05) is 52.0 Å². The Labute approximate surface area is 236 Å². The number of rotatable bonds is 11. The van der Waals surface area contributed by atoms with Crippen molar-refractivity contribution in [2.24, 2.45) is 0 Å². The largest absolute Gasteiger partial charge is 0.490 e. The molecule has 3 aromatic rings. The van der Waals surface area contributed by atoms with Gasteiger partial charge in [0, 0.05) is 21.3 Å². The number of carbonyl (C=O) groups is 1. The Morgan fingerprint density at radius 1 is 1.11 bits per heavy atom. The van der Waals surface area contributed by atoms with Gasteiger partial charge in [-0.15, -0.1) is 5.10 Å². The Hall–Kier alpha value is -2.88. The highest BCUT2D eigenvalue weighted by atomic mass is 35.5. The molecule has 1 aliphatic rings. The van der Waals surface area contributed by atoms with E-state index in [4.69, 9.17) is 42.5 Å². The molecular weight excluding hydrogens is 547 g/mol. The molecule has 8 nitrogen and oxygen atoms in total. The van der Waals surface area contributed by atoms with Crippen molar-refractivity contribution in [1.29, 1.82) is 0 Å². The van der Waals surface area contributed by atoms with Crippen LogP contribution in [0.15, 0.2) is 52.8 Å². The number of nitrogens with zero attached hydrogens (tertiary/aromatic N) is 3. The maximum absolute atomic E-state index is 13.2. The fourth-order valence-electron chi connectivity index (χ4n) is 4.04. The standard InChI is InChI=1S/C27H30Cl2N4O4S/c1-5-12-36-25(34)23-16(4)30-26-31-27(38-7-3)32-33(26)24(23)17-9-11-21(22(13-17)35-6-2)37-15-18-8-10-19(28)14-20(18)29/h8-11,13-14,24H,5-7,12,15H2,1-4H3,(H,30,31,32). The molecule has 0 aliphatic carbocycles. The van der Waals surface area contributed by atoms with Gasteiger partial charge in [-0.1, -0.05) is 60.9 Å². The van der Waals surface area contributed by atoms with Gasteiger partial charge in [0.2, 0.25) is 11.1 Å². The lowest BCUT2D eigenvalue weighted by Crippen LogP contribution is -2.29. The number of fused-ring (bicyclic) bond motifs is 1. The van der Waals surface area contributed by atoms with Gasteiger partial charge in [0.1, 0.15) is 12.6 Å². The van der Waals surface area contributed by atoms with Crippen LogP contribution in [-0.2, 0) is 16.1 Å². The van der Waals surface area contributed by atoms with E-state index in [-0.39, 0.29) is 6.61 Å². The summed E-state index contributed by atoms with van der Waals surface area (Å²) in [5, 5.41) is 9.64. The van der Waals surface area contributed by atoms with Crippen LogP contribution in [0.4, 0.5) is 5.95 Å². The van der Waals surface area contributed by atoms with E-state index in [0.717, 1.165) is 23.3 Å². The molecular formula is C27H30Cl2N4O4S. The van der Waals surface area contributed by atoms with Crippen molar-refractivity contribution in [3.8, 4) is 11.5 Å². The second-order valence-electron chi connectivity index (χ2n) is 8.46. The third-order valence-corrected chi connectivity index (χ3v) is 7.05. The monoisotopic (exact) mass is 576 g/mol. The number of thioether (sulfide) groups is 1. The second-order valence-corrected chi connectivity index (χ2v) is 10.5. The van der Waals surface area contributed by atoms with Gasteiger partial charge in [0.05, 0.1) is 18.8 Å². The lowest BCUT2D eigenvalue weighted by Gasteiger charge is -2.28. The Balaban J connectivity index is 1.72. The minimum absolute atomic E-state index is 0.237. The van der Waals surface area contributed by atoms with Gasteiger partial charge in [-0.2, -0.15) is 4.98 Å². The molecule has 1 unspecified atom stereocenters. The van der Waals surface area contributed by atoms with E-state index in [2.05, 4.69) is 10.3 Å². The van der Waals surface area contributed by atoms with Crippen LogP contribution in [0.3, 0.4) is 0 Å². The van der Waals surface area contributed by atoms with Crippen LogP contribution in [0.2, 0.25) is 10.0 Å². The SMILES string of the molecule is CCCOC(=O)C1=C(C)Nc2nc(SCC)nn2C1c1ccc(OCc2ccc(Cl)cc2Cl)c(OCC)c1. The summed E-state index contributed by atoms with van der Waals surface area (Å²) in [6.45, 7) is 8.74. The Morgan fingerprint density at radius 2 is 1.92 bits per heavy atom. The Bertz CT molecular complexity index is 1340. The zero-order valence-corrected chi connectivity index (χ0v) is 24.0. The molecule has 0 saturated carbocycles. The van der Waals surface area contributed by atoms with Crippen molar-refractivity contribution >= 4 is 46.9 Å². The van der Waals surface area contributed by atoms with Crippen molar-refractivity contribution in [3.05, 3.63) is 68.8 Å². The molecule has 1 aliphatic heterocycles. The number of halogens is 2. The summed E-state index contributed by atoms with van der Waals surface area (Å²) in [7, 11) is 0. The first-order valence-electron chi connectivity index (χ1n) is 12.4. The molecule has 0 saturated heterocycles. The number of allylic oxidation sites excluding steroid dienone is 1. The average molecular weight is 578 g/mol. The molecule has 0 amide bonds. The fraction of sp³-hybridized carbons (Fsp3) is 0.370. The van der Waals surface area contributed by atoms with Gasteiger partial charge >= 0.3 is 5.97 Å². The number of hydrogen-bond acceptors (Lipinski definition) is 8. The van der Waals surface area contributed by atoms with Crippen molar-refractivity contribution < 1.29 is 19.0 Å². The highest BCUT2D eigenvalue weighted by molar-refractivity contribution is 7.99. The lowest BCUT2D eigenvalue weighted by atomic mass is 9.95. The first-order valence-corrected chi connectivity index (χ1v) is 14.2. The van der Waals surface area contributed by atoms with Crippen molar-refractivity contribution in [2.75, 3.05) is 24.3 Å². The quantitative estimate of drug-likeness (QED) is 0.194. The van der Waals surface area contributed by atoms with Gasteiger partial charge in [0.25, 0.3) is 0 Å². The molecule has 38 heavy (non-hydrogen) atoms. The van der Waals surface area contributed by atoms with Crippen LogP contribution in [-0.4, -0.2) is 39.7 Å². The summed E-state index contributed by atoms with van der Waals surface area (Å²) in [6, 6.07) is 10.3. The number of ether oxygens (including phenoxy) is 3. The molecule has 0 bridgehead atoms. The molecule has 11 heteroatoms. The van der Waals surface area contributed by atoms with Gasteiger partial charge < -0.3 is 19.5 Å². The van der Waals surface area contributed by atoms with E-state index in [1.54, 1.807) is 16.8 Å². The zero-order chi connectivity index (χ0) is 27.2. The molecule has 0 fully saturated rings. The molecule has 0 radical (unpaired) electrons. The maximum atomic E-state index is 13.2. The first-order chi connectivity index (χ1) is 18.4. The van der Waals surface area contributed by atoms with Crippen LogP contribution in [0.1, 0.15) is 51.3 Å². The molecule has 202 valence electrons. The first kappa shape index (κ1) is 28.1. The summed E-state index contributed by atoms with van der Waals surface area (Å²) in [5.41, 5.74) is 2.72. The minimum atomic E-state index is -0.562. The van der Waals surface area contributed by atoms with Gasteiger partial charge in [-0.25, -0.2) is 9.48 Å². The highest BCUT2D eigenvalue weighted by Crippen LogP contribution is 2.40. The summed E-state index contributed by atoms with van der Waals surface area (Å²) in [4.78, 5) is 17.8. The predicted octanol–water partition coefficient (Wildman–Crippen LogP) is 6.92. The number of anilines is 1. The number of hydrogen-bond donors (Lipinski definition) is 1. The third kappa shape index (κ3) is 6.22.